The third kappa shape index (κ3) is 1.75. The molecule has 1 aromatic rings. The van der Waals surface area contributed by atoms with Gasteiger partial charge in [0.05, 0.1) is 12.2 Å². The Balaban J connectivity index is 2.54. The third-order valence-electron chi connectivity index (χ3n) is 3.93. The van der Waals surface area contributed by atoms with Gasteiger partial charge < -0.3 is 5.11 Å². The normalized spacial score (nSPS) is 26.9. The van der Waals surface area contributed by atoms with Crippen molar-refractivity contribution >= 4 is 0 Å². The van der Waals surface area contributed by atoms with E-state index in [1.807, 2.05) is 13.8 Å². The number of benzene rings is 1. The van der Waals surface area contributed by atoms with E-state index in [1.165, 1.54) is 12.1 Å². The molecule has 1 nitrogen and oxygen atoms in total. The lowest BCUT2D eigenvalue weighted by Gasteiger charge is -2.22. The quantitative estimate of drug-likeness (QED) is 0.845. The average molecular weight is 244 g/mol. The molecule has 0 aliphatic heterocycles. The molecule has 1 N–H and O–H groups in total. The molecule has 0 amide bonds. The first-order valence-corrected chi connectivity index (χ1v) is 5.52. The summed E-state index contributed by atoms with van der Waals surface area (Å²) in [5.74, 6) is 0. The van der Waals surface area contributed by atoms with Crippen molar-refractivity contribution in [1.29, 1.82) is 0 Å². The van der Waals surface area contributed by atoms with E-state index >= 15 is 0 Å². The van der Waals surface area contributed by atoms with Gasteiger partial charge in [0.1, 0.15) is 0 Å². The van der Waals surface area contributed by atoms with Gasteiger partial charge in [0.2, 0.25) is 0 Å². The highest BCUT2D eigenvalue weighted by Crippen LogP contribution is 2.65. The lowest BCUT2D eigenvalue weighted by molar-refractivity contribution is -0.138. The number of halogens is 3. The standard InChI is InChI=1S/C13H15F3O/c1-11(2)7-12(11,8-17)9-5-3-4-6-10(9)13(14,15)16/h3-6,17H,7-8H2,1-2H3. The first-order chi connectivity index (χ1) is 7.74. The van der Waals surface area contributed by atoms with E-state index in [2.05, 4.69) is 0 Å². The second-order valence-electron chi connectivity index (χ2n) is 5.34. The highest BCUT2D eigenvalue weighted by molar-refractivity contribution is 5.44. The summed E-state index contributed by atoms with van der Waals surface area (Å²) in [5, 5.41) is 9.47. The Morgan fingerprint density at radius 3 is 2.18 bits per heavy atom. The van der Waals surface area contributed by atoms with Gasteiger partial charge in [0.25, 0.3) is 0 Å². The van der Waals surface area contributed by atoms with Crippen molar-refractivity contribution < 1.29 is 18.3 Å². The van der Waals surface area contributed by atoms with Crippen LogP contribution in [-0.4, -0.2) is 11.7 Å². The molecule has 0 spiro atoms. The maximum atomic E-state index is 12.9. The van der Waals surface area contributed by atoms with Crippen molar-refractivity contribution in [2.45, 2.75) is 31.9 Å². The Morgan fingerprint density at radius 1 is 1.24 bits per heavy atom. The van der Waals surface area contributed by atoms with Crippen LogP contribution in [0.15, 0.2) is 24.3 Å². The van der Waals surface area contributed by atoms with Gasteiger partial charge in [-0.3, -0.25) is 0 Å². The molecule has 1 atom stereocenters. The fourth-order valence-electron chi connectivity index (χ4n) is 2.67. The highest BCUT2D eigenvalue weighted by Gasteiger charge is 2.63. The van der Waals surface area contributed by atoms with Gasteiger partial charge in [-0.1, -0.05) is 32.0 Å². The van der Waals surface area contributed by atoms with Gasteiger partial charge in [-0.05, 0) is 23.5 Å². The van der Waals surface area contributed by atoms with E-state index in [-0.39, 0.29) is 17.6 Å². The third-order valence-corrected chi connectivity index (χ3v) is 3.93. The Morgan fingerprint density at radius 2 is 1.76 bits per heavy atom. The van der Waals surface area contributed by atoms with Crippen LogP contribution in [0.2, 0.25) is 0 Å². The predicted octanol–water partition coefficient (Wildman–Crippen LogP) is 3.37. The summed E-state index contributed by atoms with van der Waals surface area (Å²) in [6, 6.07) is 5.54. The molecule has 1 aliphatic carbocycles. The molecular formula is C13H15F3O. The molecule has 1 aliphatic rings. The molecule has 0 bridgehead atoms. The molecule has 1 fully saturated rings. The molecule has 4 heteroatoms. The first kappa shape index (κ1) is 12.4. The van der Waals surface area contributed by atoms with Crippen molar-refractivity contribution in [3.8, 4) is 0 Å². The summed E-state index contributed by atoms with van der Waals surface area (Å²) in [4.78, 5) is 0. The minimum atomic E-state index is -4.36. The largest absolute Gasteiger partial charge is 0.416 e. The van der Waals surface area contributed by atoms with Gasteiger partial charge in [-0.25, -0.2) is 0 Å². The van der Waals surface area contributed by atoms with E-state index in [4.69, 9.17) is 0 Å². The number of alkyl halides is 3. The number of hydrogen-bond donors (Lipinski definition) is 1. The summed E-state index contributed by atoms with van der Waals surface area (Å²) in [5.41, 5.74) is -1.41. The maximum Gasteiger partial charge on any atom is 0.416 e. The number of aliphatic hydroxyl groups is 1. The molecule has 1 saturated carbocycles. The minimum absolute atomic E-state index is 0.222. The second-order valence-corrected chi connectivity index (χ2v) is 5.34. The molecule has 1 unspecified atom stereocenters. The number of rotatable bonds is 2. The van der Waals surface area contributed by atoms with Gasteiger partial charge in [-0.15, -0.1) is 0 Å². The van der Waals surface area contributed by atoms with Crippen molar-refractivity contribution in [1.82, 2.24) is 0 Å². The number of hydrogen-bond acceptors (Lipinski definition) is 1. The molecule has 0 radical (unpaired) electrons. The van der Waals surface area contributed by atoms with Crippen molar-refractivity contribution in [2.24, 2.45) is 5.41 Å². The minimum Gasteiger partial charge on any atom is -0.395 e. The van der Waals surface area contributed by atoms with Gasteiger partial charge in [0.15, 0.2) is 0 Å². The summed E-state index contributed by atoms with van der Waals surface area (Å²) in [6.45, 7) is 3.53. The van der Waals surface area contributed by atoms with Gasteiger partial charge in [-0.2, -0.15) is 13.2 Å². The smallest absolute Gasteiger partial charge is 0.395 e. The Hall–Kier alpha value is -1.03. The van der Waals surface area contributed by atoms with E-state index < -0.39 is 17.2 Å². The molecule has 2 rings (SSSR count). The molecule has 0 aromatic heterocycles. The van der Waals surface area contributed by atoms with Crippen LogP contribution in [0, 0.1) is 5.41 Å². The van der Waals surface area contributed by atoms with Crippen LogP contribution in [0.5, 0.6) is 0 Å². The Kier molecular flexibility index (Phi) is 2.54. The number of aliphatic hydroxyl groups excluding tert-OH is 1. The second kappa shape index (κ2) is 3.48. The highest BCUT2D eigenvalue weighted by atomic mass is 19.4. The molecule has 1 aromatic carbocycles. The maximum absolute atomic E-state index is 12.9. The average Bonchev–Trinajstić information content (AvgIpc) is 2.81. The Bertz CT molecular complexity index is 437. The lowest BCUT2D eigenvalue weighted by Crippen LogP contribution is -2.23. The molecule has 94 valence electrons. The first-order valence-electron chi connectivity index (χ1n) is 5.52. The summed E-state index contributed by atoms with van der Waals surface area (Å²) >= 11 is 0. The summed E-state index contributed by atoms with van der Waals surface area (Å²) in [7, 11) is 0. The van der Waals surface area contributed by atoms with Crippen molar-refractivity contribution in [3.63, 3.8) is 0 Å². The monoisotopic (exact) mass is 244 g/mol. The zero-order chi connectivity index (χ0) is 12.9. The zero-order valence-electron chi connectivity index (χ0n) is 9.80. The van der Waals surface area contributed by atoms with E-state index in [0.29, 0.717) is 6.42 Å². The molecule has 17 heavy (non-hydrogen) atoms. The van der Waals surface area contributed by atoms with E-state index in [9.17, 15) is 18.3 Å². The zero-order valence-corrected chi connectivity index (χ0v) is 9.80. The fourth-order valence-corrected chi connectivity index (χ4v) is 2.67. The van der Waals surface area contributed by atoms with Crippen molar-refractivity contribution in [2.75, 3.05) is 6.61 Å². The van der Waals surface area contributed by atoms with Crippen LogP contribution in [0.25, 0.3) is 0 Å². The summed E-state index contributed by atoms with van der Waals surface area (Å²) < 4.78 is 38.7. The van der Waals surface area contributed by atoms with Crippen LogP contribution >= 0.6 is 0 Å². The predicted molar refractivity (Wildman–Crippen MR) is 58.6 cm³/mol. The van der Waals surface area contributed by atoms with Crippen LogP contribution in [-0.2, 0) is 11.6 Å². The fraction of sp³-hybridized carbons (Fsp3) is 0.538. The lowest BCUT2D eigenvalue weighted by atomic mass is 9.85. The van der Waals surface area contributed by atoms with Crippen LogP contribution in [0.3, 0.4) is 0 Å². The SMILES string of the molecule is CC1(C)CC1(CO)c1ccccc1C(F)(F)F. The molecule has 0 saturated heterocycles. The Labute approximate surface area is 98.3 Å². The van der Waals surface area contributed by atoms with Crippen LogP contribution in [0.1, 0.15) is 31.4 Å². The molecular weight excluding hydrogens is 229 g/mol. The van der Waals surface area contributed by atoms with Gasteiger partial charge >= 0.3 is 6.18 Å². The van der Waals surface area contributed by atoms with Crippen molar-refractivity contribution in [3.05, 3.63) is 35.4 Å². The topological polar surface area (TPSA) is 20.2 Å². The van der Waals surface area contributed by atoms with E-state index in [1.54, 1.807) is 6.07 Å². The summed E-state index contributed by atoms with van der Waals surface area (Å²) in [6.07, 6.45) is -3.78. The molecule has 0 heterocycles. The van der Waals surface area contributed by atoms with Crippen LogP contribution < -0.4 is 0 Å². The van der Waals surface area contributed by atoms with Crippen LogP contribution in [0.4, 0.5) is 13.2 Å². The van der Waals surface area contributed by atoms with Gasteiger partial charge in [0, 0.05) is 5.41 Å². The van der Waals surface area contributed by atoms with E-state index in [0.717, 1.165) is 6.07 Å².